The molecule has 0 N–H and O–H groups in total. The van der Waals surface area contributed by atoms with E-state index >= 15 is 0 Å². The Hall–Kier alpha value is -2.01. The van der Waals surface area contributed by atoms with E-state index in [2.05, 4.69) is 5.10 Å². The summed E-state index contributed by atoms with van der Waals surface area (Å²) in [7, 11) is 5.33. The maximum absolute atomic E-state index is 12.5. The predicted molar refractivity (Wildman–Crippen MR) is 95.5 cm³/mol. The largest absolute Gasteiger partial charge is 0.496 e. The lowest BCUT2D eigenvalue weighted by Gasteiger charge is -2.19. The third kappa shape index (κ3) is 4.09. The number of aromatic nitrogens is 2. The van der Waals surface area contributed by atoms with Crippen molar-refractivity contribution >= 4 is 17.5 Å². The van der Waals surface area contributed by atoms with Gasteiger partial charge in [0.25, 0.3) is 0 Å². The first-order valence-electron chi connectivity index (χ1n) is 7.89. The van der Waals surface area contributed by atoms with Crippen LogP contribution in [-0.2, 0) is 24.8 Å². The van der Waals surface area contributed by atoms with E-state index in [0.717, 1.165) is 28.3 Å². The lowest BCUT2D eigenvalue weighted by molar-refractivity contribution is -0.130. The van der Waals surface area contributed by atoms with Gasteiger partial charge in [0.2, 0.25) is 5.91 Å². The van der Waals surface area contributed by atoms with E-state index < -0.39 is 0 Å². The third-order valence-electron chi connectivity index (χ3n) is 4.32. The summed E-state index contributed by atoms with van der Waals surface area (Å²) in [5.74, 6) is 0.817. The summed E-state index contributed by atoms with van der Waals surface area (Å²) in [5.41, 5.74) is 4.15. The lowest BCUT2D eigenvalue weighted by atomic mass is 10.1. The molecule has 0 spiro atoms. The molecule has 0 aliphatic carbocycles. The second-order valence-electron chi connectivity index (χ2n) is 5.98. The molecule has 2 rings (SSSR count). The summed E-state index contributed by atoms with van der Waals surface area (Å²) in [5, 5.41) is 5.03. The average molecular weight is 350 g/mol. The molecule has 0 saturated carbocycles. The van der Waals surface area contributed by atoms with E-state index in [0.29, 0.717) is 24.4 Å². The number of rotatable bonds is 6. The molecule has 6 heteroatoms. The van der Waals surface area contributed by atoms with Crippen molar-refractivity contribution in [1.82, 2.24) is 14.7 Å². The highest BCUT2D eigenvalue weighted by atomic mass is 35.5. The first-order valence-corrected chi connectivity index (χ1v) is 8.26. The van der Waals surface area contributed by atoms with Crippen LogP contribution in [0.1, 0.15) is 28.9 Å². The van der Waals surface area contributed by atoms with Gasteiger partial charge in [-0.1, -0.05) is 11.6 Å². The molecule has 0 radical (unpaired) electrons. The van der Waals surface area contributed by atoms with Crippen LogP contribution in [-0.4, -0.2) is 34.7 Å². The van der Waals surface area contributed by atoms with E-state index in [1.807, 2.05) is 37.7 Å². The van der Waals surface area contributed by atoms with Gasteiger partial charge in [0.1, 0.15) is 5.75 Å². The van der Waals surface area contributed by atoms with Gasteiger partial charge in [-0.3, -0.25) is 9.48 Å². The molecule has 2 aromatic rings. The third-order valence-corrected chi connectivity index (χ3v) is 4.56. The minimum Gasteiger partial charge on any atom is -0.496 e. The highest BCUT2D eigenvalue weighted by molar-refractivity contribution is 6.30. The van der Waals surface area contributed by atoms with Crippen LogP contribution in [0.25, 0.3) is 0 Å². The van der Waals surface area contributed by atoms with Gasteiger partial charge in [-0.25, -0.2) is 0 Å². The Kier molecular flexibility index (Phi) is 5.89. The van der Waals surface area contributed by atoms with E-state index in [-0.39, 0.29) is 5.91 Å². The van der Waals surface area contributed by atoms with Crippen molar-refractivity contribution in [3.63, 3.8) is 0 Å². The Morgan fingerprint density at radius 2 is 2.08 bits per heavy atom. The number of benzene rings is 1. The molecule has 5 nitrogen and oxygen atoms in total. The number of hydrogen-bond donors (Lipinski definition) is 0. The van der Waals surface area contributed by atoms with Crippen molar-refractivity contribution in [2.24, 2.45) is 7.05 Å². The SMILES string of the molecule is COc1ccc(Cl)cc1CN(C)C(=O)CCc1c(C)nn(C)c1C. The topological polar surface area (TPSA) is 47.4 Å². The monoisotopic (exact) mass is 349 g/mol. The van der Waals surface area contributed by atoms with Crippen molar-refractivity contribution in [1.29, 1.82) is 0 Å². The first-order chi connectivity index (χ1) is 11.3. The van der Waals surface area contributed by atoms with E-state index in [1.165, 1.54) is 0 Å². The minimum absolute atomic E-state index is 0.0830. The van der Waals surface area contributed by atoms with Crippen LogP contribution < -0.4 is 4.74 Å². The van der Waals surface area contributed by atoms with Crippen LogP contribution in [0.15, 0.2) is 18.2 Å². The summed E-state index contributed by atoms with van der Waals surface area (Å²) in [6.45, 7) is 4.47. The molecule has 130 valence electrons. The van der Waals surface area contributed by atoms with Crippen molar-refractivity contribution in [3.05, 3.63) is 45.7 Å². The molecular weight excluding hydrogens is 326 g/mol. The highest BCUT2D eigenvalue weighted by Crippen LogP contribution is 2.24. The highest BCUT2D eigenvalue weighted by Gasteiger charge is 2.15. The Morgan fingerprint density at radius 3 is 2.67 bits per heavy atom. The maximum Gasteiger partial charge on any atom is 0.222 e. The summed E-state index contributed by atoms with van der Waals surface area (Å²) >= 11 is 6.05. The van der Waals surface area contributed by atoms with Crippen molar-refractivity contribution < 1.29 is 9.53 Å². The minimum atomic E-state index is 0.0830. The second kappa shape index (κ2) is 7.71. The van der Waals surface area contributed by atoms with Crippen LogP contribution in [0, 0.1) is 13.8 Å². The molecule has 1 aromatic carbocycles. The fraction of sp³-hybridized carbons (Fsp3) is 0.444. The number of amides is 1. The van der Waals surface area contributed by atoms with Gasteiger partial charge in [-0.15, -0.1) is 0 Å². The lowest BCUT2D eigenvalue weighted by Crippen LogP contribution is -2.26. The number of carbonyl (C=O) groups excluding carboxylic acids is 1. The fourth-order valence-corrected chi connectivity index (χ4v) is 3.01. The average Bonchev–Trinajstić information content (AvgIpc) is 2.78. The molecule has 24 heavy (non-hydrogen) atoms. The van der Waals surface area contributed by atoms with Crippen LogP contribution in [0.4, 0.5) is 0 Å². The smallest absolute Gasteiger partial charge is 0.222 e. The van der Waals surface area contributed by atoms with Crippen LogP contribution >= 0.6 is 11.6 Å². The molecule has 1 aromatic heterocycles. The molecule has 0 bridgehead atoms. The van der Waals surface area contributed by atoms with E-state index in [4.69, 9.17) is 16.3 Å². The molecule has 1 heterocycles. The van der Waals surface area contributed by atoms with Crippen molar-refractivity contribution in [2.75, 3.05) is 14.2 Å². The number of ether oxygens (including phenoxy) is 1. The molecule has 0 fully saturated rings. The molecule has 0 saturated heterocycles. The maximum atomic E-state index is 12.5. The quantitative estimate of drug-likeness (QED) is 0.804. The van der Waals surface area contributed by atoms with Gasteiger partial charge < -0.3 is 9.64 Å². The zero-order valence-corrected chi connectivity index (χ0v) is 15.6. The van der Waals surface area contributed by atoms with Gasteiger partial charge in [-0.05, 0) is 44.0 Å². The molecule has 0 aliphatic heterocycles. The Balaban J connectivity index is 2.01. The van der Waals surface area contributed by atoms with Crippen molar-refractivity contribution in [2.45, 2.75) is 33.2 Å². The fourth-order valence-electron chi connectivity index (χ4n) is 2.82. The number of hydrogen-bond acceptors (Lipinski definition) is 3. The number of aryl methyl sites for hydroxylation is 2. The van der Waals surface area contributed by atoms with Crippen LogP contribution in [0.2, 0.25) is 5.02 Å². The zero-order valence-electron chi connectivity index (χ0n) is 14.9. The molecule has 0 unspecified atom stereocenters. The standard InChI is InChI=1S/C18H24ClN3O2/c1-12-16(13(2)22(4)20-12)7-9-18(23)21(3)11-14-10-15(19)6-8-17(14)24-5/h6,8,10H,7,9,11H2,1-5H3. The van der Waals surface area contributed by atoms with Gasteiger partial charge in [0, 0.05) is 43.3 Å². The molecule has 0 atom stereocenters. The number of halogens is 1. The van der Waals surface area contributed by atoms with E-state index in [1.54, 1.807) is 25.1 Å². The summed E-state index contributed by atoms with van der Waals surface area (Å²) in [4.78, 5) is 14.2. The summed E-state index contributed by atoms with van der Waals surface area (Å²) in [6.07, 6.45) is 1.15. The zero-order chi connectivity index (χ0) is 17.9. The van der Waals surface area contributed by atoms with Gasteiger partial charge in [0.05, 0.1) is 12.8 Å². The second-order valence-corrected chi connectivity index (χ2v) is 6.42. The molecule has 1 amide bonds. The molecular formula is C18H24ClN3O2. The van der Waals surface area contributed by atoms with E-state index in [9.17, 15) is 4.79 Å². The Labute approximate surface area is 148 Å². The van der Waals surface area contributed by atoms with Crippen molar-refractivity contribution in [3.8, 4) is 5.75 Å². The molecule has 0 aliphatic rings. The predicted octanol–water partition coefficient (Wildman–Crippen LogP) is 3.29. The number of carbonyl (C=O) groups is 1. The number of methoxy groups -OCH3 is 1. The van der Waals surface area contributed by atoms with Crippen LogP contribution in [0.3, 0.4) is 0 Å². The van der Waals surface area contributed by atoms with Crippen LogP contribution in [0.5, 0.6) is 5.75 Å². The normalized spacial score (nSPS) is 10.8. The first kappa shape index (κ1) is 18.3. The summed E-state index contributed by atoms with van der Waals surface area (Å²) < 4.78 is 7.19. The van der Waals surface area contributed by atoms with Gasteiger partial charge in [-0.2, -0.15) is 5.10 Å². The Bertz CT molecular complexity index is 740. The Morgan fingerprint density at radius 1 is 1.38 bits per heavy atom. The summed E-state index contributed by atoms with van der Waals surface area (Å²) in [6, 6.07) is 5.43. The number of nitrogens with zero attached hydrogens (tertiary/aromatic N) is 3. The van der Waals surface area contributed by atoms with Gasteiger partial charge >= 0.3 is 0 Å². The van der Waals surface area contributed by atoms with Gasteiger partial charge in [0.15, 0.2) is 0 Å².